The maximum absolute atomic E-state index is 12.6. The molecule has 122 valence electrons. The van der Waals surface area contributed by atoms with E-state index in [2.05, 4.69) is 25.8 Å². The smallest absolute Gasteiger partial charge is 0.338 e. The Morgan fingerprint density at radius 3 is 3.04 bits per heavy atom. The number of esters is 1. The lowest BCUT2D eigenvalue weighted by molar-refractivity contribution is -0.139. The van der Waals surface area contributed by atoms with Crippen molar-refractivity contribution in [2.45, 2.75) is 19.9 Å². The molecule has 8 nitrogen and oxygen atoms in total. The quantitative estimate of drug-likeness (QED) is 0.715. The van der Waals surface area contributed by atoms with Crippen molar-refractivity contribution >= 4 is 22.8 Å². The minimum atomic E-state index is -0.452. The van der Waals surface area contributed by atoms with Crippen LogP contribution in [0, 0.1) is 0 Å². The Morgan fingerprint density at radius 1 is 1.38 bits per heavy atom. The average Bonchev–Trinajstić information content (AvgIpc) is 3.20. The third-order valence-electron chi connectivity index (χ3n) is 4.13. The monoisotopic (exact) mass is 324 g/mol. The van der Waals surface area contributed by atoms with Crippen LogP contribution in [0.3, 0.4) is 0 Å². The van der Waals surface area contributed by atoms with E-state index in [1.807, 2.05) is 37.4 Å². The molecule has 0 fully saturated rings. The van der Waals surface area contributed by atoms with Gasteiger partial charge in [-0.1, -0.05) is 23.3 Å². The minimum Gasteiger partial charge on any atom is -0.463 e. The number of aromatic amines is 1. The number of benzene rings is 1. The van der Waals surface area contributed by atoms with Crippen LogP contribution < -0.4 is 5.32 Å². The molecule has 1 aliphatic heterocycles. The molecule has 1 aliphatic rings. The Hall–Kier alpha value is -3.16. The largest absolute Gasteiger partial charge is 0.463 e. The highest BCUT2D eigenvalue weighted by Crippen LogP contribution is 2.37. The number of ether oxygens (including phenoxy) is 1. The van der Waals surface area contributed by atoms with Crippen LogP contribution >= 0.6 is 0 Å². The summed E-state index contributed by atoms with van der Waals surface area (Å²) >= 11 is 0. The van der Waals surface area contributed by atoms with Gasteiger partial charge in [0.25, 0.3) is 0 Å². The van der Waals surface area contributed by atoms with Crippen LogP contribution in [-0.2, 0) is 9.53 Å². The lowest BCUT2D eigenvalue weighted by Crippen LogP contribution is -2.29. The van der Waals surface area contributed by atoms with E-state index in [1.54, 1.807) is 11.6 Å². The van der Waals surface area contributed by atoms with Crippen LogP contribution in [-0.4, -0.2) is 37.8 Å². The number of carbonyl (C=O) groups is 1. The number of hydrogen-bond donors (Lipinski definition) is 2. The molecule has 0 spiro atoms. The number of hydrogen-bond acceptors (Lipinski definition) is 6. The Kier molecular flexibility index (Phi) is 3.30. The van der Waals surface area contributed by atoms with Gasteiger partial charge in [-0.2, -0.15) is 4.68 Å². The second-order valence-corrected chi connectivity index (χ2v) is 5.52. The first-order chi connectivity index (χ1) is 11.7. The molecule has 0 unspecified atom stereocenters. The number of fused-ring (bicyclic) bond motifs is 2. The van der Waals surface area contributed by atoms with Gasteiger partial charge in [-0.15, -0.1) is 0 Å². The fraction of sp³-hybridized carbons (Fsp3) is 0.250. The maximum Gasteiger partial charge on any atom is 0.338 e. The zero-order valence-corrected chi connectivity index (χ0v) is 13.3. The van der Waals surface area contributed by atoms with E-state index in [1.165, 1.54) is 0 Å². The number of anilines is 1. The first kappa shape index (κ1) is 14.4. The van der Waals surface area contributed by atoms with Crippen molar-refractivity contribution in [3.8, 4) is 0 Å². The van der Waals surface area contributed by atoms with Gasteiger partial charge in [-0.05, 0) is 30.3 Å². The fourth-order valence-corrected chi connectivity index (χ4v) is 3.09. The third-order valence-corrected chi connectivity index (χ3v) is 4.13. The summed E-state index contributed by atoms with van der Waals surface area (Å²) < 4.78 is 6.86. The van der Waals surface area contributed by atoms with Crippen molar-refractivity contribution in [3.63, 3.8) is 0 Å². The number of H-pyrrole nitrogens is 1. The Balaban J connectivity index is 1.94. The molecular formula is C16H16N6O2. The van der Waals surface area contributed by atoms with E-state index in [4.69, 9.17) is 4.74 Å². The highest BCUT2D eigenvalue weighted by Gasteiger charge is 2.36. The Labute approximate surface area is 137 Å². The summed E-state index contributed by atoms with van der Waals surface area (Å²) in [5, 5.41) is 15.9. The normalized spacial score (nSPS) is 16.8. The van der Waals surface area contributed by atoms with Gasteiger partial charge in [0.15, 0.2) is 0 Å². The van der Waals surface area contributed by atoms with Gasteiger partial charge >= 0.3 is 5.97 Å². The lowest BCUT2D eigenvalue weighted by atomic mass is 9.95. The molecule has 0 saturated carbocycles. The molecule has 0 amide bonds. The number of tetrazole rings is 1. The molecule has 8 heteroatoms. The first-order valence-corrected chi connectivity index (χ1v) is 7.69. The molecule has 24 heavy (non-hydrogen) atoms. The standard InChI is InChI=1S/C16H16N6O2/c1-3-24-15(23)13-9(2)18-16-19-20-21-22(16)14(13)11-8-17-12-7-5-4-6-10(11)12/h4-8,14,17H,3H2,1-2H3,(H,18,19,21)/t14-/m0/s1. The van der Waals surface area contributed by atoms with Crippen LogP contribution in [0.1, 0.15) is 25.5 Å². The molecule has 0 aliphatic carbocycles. The van der Waals surface area contributed by atoms with Crippen molar-refractivity contribution in [2.24, 2.45) is 0 Å². The second-order valence-electron chi connectivity index (χ2n) is 5.52. The van der Waals surface area contributed by atoms with Crippen LogP contribution in [0.4, 0.5) is 5.95 Å². The SMILES string of the molecule is CCOC(=O)C1=C(C)Nc2nnnn2[C@H]1c1c[nH]c2ccccc12. The zero-order chi connectivity index (χ0) is 16.7. The van der Waals surface area contributed by atoms with Crippen molar-refractivity contribution < 1.29 is 9.53 Å². The molecule has 0 saturated heterocycles. The predicted molar refractivity (Wildman–Crippen MR) is 87.2 cm³/mol. The highest BCUT2D eigenvalue weighted by molar-refractivity contribution is 5.94. The average molecular weight is 324 g/mol. The maximum atomic E-state index is 12.6. The summed E-state index contributed by atoms with van der Waals surface area (Å²) in [5.74, 6) is 0.120. The van der Waals surface area contributed by atoms with E-state index in [9.17, 15) is 4.79 Å². The molecule has 2 aromatic heterocycles. The molecule has 1 atom stereocenters. The lowest BCUT2D eigenvalue weighted by Gasteiger charge is -2.26. The summed E-state index contributed by atoms with van der Waals surface area (Å²) in [6.07, 6.45) is 1.89. The number of allylic oxidation sites excluding steroid dienone is 1. The van der Waals surface area contributed by atoms with Gasteiger partial charge < -0.3 is 15.0 Å². The van der Waals surface area contributed by atoms with E-state index >= 15 is 0 Å². The van der Waals surface area contributed by atoms with Gasteiger partial charge in [0, 0.05) is 28.4 Å². The summed E-state index contributed by atoms with van der Waals surface area (Å²) in [7, 11) is 0. The fourth-order valence-electron chi connectivity index (χ4n) is 3.09. The van der Waals surface area contributed by atoms with Gasteiger partial charge in [0.1, 0.15) is 6.04 Å². The van der Waals surface area contributed by atoms with E-state index in [0.29, 0.717) is 23.8 Å². The summed E-state index contributed by atoms with van der Waals surface area (Å²) in [6.45, 7) is 3.91. The Morgan fingerprint density at radius 2 is 2.21 bits per heavy atom. The first-order valence-electron chi connectivity index (χ1n) is 7.69. The molecule has 3 heterocycles. The van der Waals surface area contributed by atoms with Gasteiger partial charge in [-0.25, -0.2) is 4.79 Å². The van der Waals surface area contributed by atoms with Gasteiger partial charge in [0.05, 0.1) is 12.2 Å². The number of nitrogens with one attached hydrogen (secondary N) is 2. The molecule has 4 rings (SSSR count). The molecule has 3 aromatic rings. The molecule has 1 aromatic carbocycles. The van der Waals surface area contributed by atoms with Crippen LogP contribution in [0.2, 0.25) is 0 Å². The molecule has 2 N–H and O–H groups in total. The number of rotatable bonds is 3. The van der Waals surface area contributed by atoms with Crippen molar-refractivity contribution in [1.29, 1.82) is 0 Å². The van der Waals surface area contributed by atoms with Crippen molar-refractivity contribution in [1.82, 2.24) is 25.2 Å². The summed E-state index contributed by atoms with van der Waals surface area (Å²) in [4.78, 5) is 15.8. The second kappa shape index (κ2) is 5.48. The summed E-state index contributed by atoms with van der Waals surface area (Å²) in [6, 6.07) is 7.46. The van der Waals surface area contributed by atoms with Crippen LogP contribution in [0.15, 0.2) is 41.7 Å². The third kappa shape index (κ3) is 2.07. The van der Waals surface area contributed by atoms with E-state index < -0.39 is 6.04 Å². The molecule has 0 bridgehead atoms. The van der Waals surface area contributed by atoms with Crippen LogP contribution in [0.25, 0.3) is 10.9 Å². The number of carbonyl (C=O) groups excluding carboxylic acids is 1. The van der Waals surface area contributed by atoms with Crippen molar-refractivity contribution in [2.75, 3.05) is 11.9 Å². The minimum absolute atomic E-state index is 0.304. The number of aromatic nitrogens is 5. The highest BCUT2D eigenvalue weighted by atomic mass is 16.5. The van der Waals surface area contributed by atoms with Gasteiger partial charge in [0.2, 0.25) is 5.95 Å². The zero-order valence-electron chi connectivity index (χ0n) is 13.3. The van der Waals surface area contributed by atoms with Crippen molar-refractivity contribution in [3.05, 3.63) is 47.3 Å². The van der Waals surface area contributed by atoms with E-state index in [0.717, 1.165) is 16.5 Å². The predicted octanol–water partition coefficient (Wildman–Crippen LogP) is 2.01. The Bertz CT molecular complexity index is 954. The van der Waals surface area contributed by atoms with Crippen LogP contribution in [0.5, 0.6) is 0 Å². The van der Waals surface area contributed by atoms with E-state index in [-0.39, 0.29) is 5.97 Å². The number of para-hydroxylation sites is 1. The molecular weight excluding hydrogens is 308 g/mol. The topological polar surface area (TPSA) is 97.7 Å². The molecule has 0 radical (unpaired) electrons. The number of nitrogens with zero attached hydrogens (tertiary/aromatic N) is 4. The summed E-state index contributed by atoms with van der Waals surface area (Å²) in [5.41, 5.74) is 3.09. The van der Waals surface area contributed by atoms with Gasteiger partial charge in [-0.3, -0.25) is 0 Å².